The van der Waals surface area contributed by atoms with Gasteiger partial charge in [-0.1, -0.05) is 84.2 Å². The molecule has 2 heteroatoms. The molecule has 0 saturated carbocycles. The van der Waals surface area contributed by atoms with Gasteiger partial charge in [0.15, 0.2) is 0 Å². The molecule has 1 aromatic rings. The van der Waals surface area contributed by atoms with Crippen LogP contribution in [0.5, 0.6) is 0 Å². The summed E-state index contributed by atoms with van der Waals surface area (Å²) >= 11 is 7.38. The highest BCUT2D eigenvalue weighted by Crippen LogP contribution is 2.27. The number of unbranched alkanes of at least 4 members (excludes halogenated alkanes) is 6. The zero-order valence-electron chi connectivity index (χ0n) is 12.5. The minimum Gasteiger partial charge on any atom is -0.128 e. The third-order valence-electron chi connectivity index (χ3n) is 2.87. The van der Waals surface area contributed by atoms with Crippen LogP contribution in [0.4, 0.5) is 0 Å². The average Bonchev–Trinajstić information content (AvgIpc) is 2.77. The highest BCUT2D eigenvalue weighted by atomic mass is 35.5. The first-order valence-electron chi connectivity index (χ1n) is 7.37. The zero-order valence-corrected chi connectivity index (χ0v) is 14.0. The van der Waals surface area contributed by atoms with E-state index in [1.807, 2.05) is 6.07 Å². The van der Waals surface area contributed by atoms with E-state index in [1.165, 1.54) is 49.8 Å². The van der Waals surface area contributed by atoms with Gasteiger partial charge < -0.3 is 0 Å². The molecule has 0 bridgehead atoms. The molecule has 1 aromatic heterocycles. The van der Waals surface area contributed by atoms with E-state index in [1.54, 1.807) is 11.3 Å². The fourth-order valence-corrected chi connectivity index (χ4v) is 2.73. The predicted molar refractivity (Wildman–Crippen MR) is 87.1 cm³/mol. The van der Waals surface area contributed by atoms with E-state index in [4.69, 9.17) is 11.6 Å². The number of rotatable bonds is 7. The first-order chi connectivity index (χ1) is 8.61. The number of thiophene rings is 1. The van der Waals surface area contributed by atoms with E-state index in [2.05, 4.69) is 33.8 Å². The molecular formula is C16H29ClS. The van der Waals surface area contributed by atoms with Gasteiger partial charge in [-0.05, 0) is 18.1 Å². The van der Waals surface area contributed by atoms with Gasteiger partial charge in [0.05, 0.1) is 4.34 Å². The third kappa shape index (κ3) is 9.96. The Hall–Kier alpha value is -0.0100. The SMILES string of the molecule is CC(C)c1ccc(Cl)s1.CCCCCCCCC. The van der Waals surface area contributed by atoms with Crippen molar-refractivity contribution in [3.05, 3.63) is 21.3 Å². The summed E-state index contributed by atoms with van der Waals surface area (Å²) in [6.45, 7) is 8.87. The molecule has 0 unspecified atom stereocenters. The summed E-state index contributed by atoms with van der Waals surface area (Å²) in [5.41, 5.74) is 0. The topological polar surface area (TPSA) is 0 Å². The van der Waals surface area contributed by atoms with E-state index in [0.29, 0.717) is 5.92 Å². The lowest BCUT2D eigenvalue weighted by atomic mass is 10.1. The summed E-state index contributed by atoms with van der Waals surface area (Å²) in [5, 5.41) is 0. The van der Waals surface area contributed by atoms with Crippen LogP contribution in [-0.2, 0) is 0 Å². The van der Waals surface area contributed by atoms with Gasteiger partial charge in [0.25, 0.3) is 0 Å². The van der Waals surface area contributed by atoms with Crippen molar-refractivity contribution in [1.29, 1.82) is 0 Å². The van der Waals surface area contributed by atoms with Gasteiger partial charge in [0, 0.05) is 4.88 Å². The molecule has 0 N–H and O–H groups in total. The van der Waals surface area contributed by atoms with Crippen LogP contribution in [0.25, 0.3) is 0 Å². The molecule has 0 aromatic carbocycles. The molecule has 0 amide bonds. The van der Waals surface area contributed by atoms with Crippen LogP contribution in [0.3, 0.4) is 0 Å². The fraction of sp³-hybridized carbons (Fsp3) is 0.750. The Morgan fingerprint density at radius 1 is 0.944 bits per heavy atom. The molecule has 1 heterocycles. The maximum atomic E-state index is 5.72. The van der Waals surface area contributed by atoms with Crippen LogP contribution in [0.1, 0.15) is 83.4 Å². The van der Waals surface area contributed by atoms with Crippen molar-refractivity contribution in [2.45, 2.75) is 78.6 Å². The molecule has 0 radical (unpaired) electrons. The first-order valence-corrected chi connectivity index (χ1v) is 8.56. The van der Waals surface area contributed by atoms with Gasteiger partial charge in [-0.25, -0.2) is 0 Å². The van der Waals surface area contributed by atoms with Crippen molar-refractivity contribution in [3.63, 3.8) is 0 Å². The Morgan fingerprint density at radius 3 is 1.72 bits per heavy atom. The molecule has 0 spiro atoms. The zero-order chi connectivity index (χ0) is 13.8. The lowest BCUT2D eigenvalue weighted by molar-refractivity contribution is 0.602. The Morgan fingerprint density at radius 2 is 1.44 bits per heavy atom. The molecule has 0 aliphatic carbocycles. The van der Waals surface area contributed by atoms with Crippen LogP contribution in [0.2, 0.25) is 4.34 Å². The lowest BCUT2D eigenvalue weighted by Crippen LogP contribution is -1.77. The van der Waals surface area contributed by atoms with Crippen molar-refractivity contribution in [2.75, 3.05) is 0 Å². The second-order valence-corrected chi connectivity index (χ2v) is 6.81. The van der Waals surface area contributed by atoms with Crippen LogP contribution >= 0.6 is 22.9 Å². The van der Waals surface area contributed by atoms with Gasteiger partial charge in [0.2, 0.25) is 0 Å². The van der Waals surface area contributed by atoms with Gasteiger partial charge >= 0.3 is 0 Å². The second kappa shape index (κ2) is 12.0. The van der Waals surface area contributed by atoms with Crippen LogP contribution in [-0.4, -0.2) is 0 Å². The largest absolute Gasteiger partial charge is 0.128 e. The van der Waals surface area contributed by atoms with Crippen molar-refractivity contribution in [3.8, 4) is 0 Å². The van der Waals surface area contributed by atoms with Crippen molar-refractivity contribution >= 4 is 22.9 Å². The van der Waals surface area contributed by atoms with Crippen LogP contribution in [0.15, 0.2) is 12.1 Å². The molecule has 18 heavy (non-hydrogen) atoms. The van der Waals surface area contributed by atoms with Gasteiger partial charge in [-0.15, -0.1) is 11.3 Å². The summed E-state index contributed by atoms with van der Waals surface area (Å²) in [5.74, 6) is 0.613. The molecular weight excluding hydrogens is 260 g/mol. The van der Waals surface area contributed by atoms with Crippen molar-refractivity contribution < 1.29 is 0 Å². The standard InChI is InChI=1S/C9H20.C7H9ClS/c1-3-5-7-9-8-6-4-2;1-5(2)6-3-4-7(8)9-6/h3-9H2,1-2H3;3-5H,1-2H3. The summed E-state index contributed by atoms with van der Waals surface area (Å²) in [6.07, 6.45) is 9.97. The van der Waals surface area contributed by atoms with E-state index in [0.717, 1.165) is 4.34 Å². The summed E-state index contributed by atoms with van der Waals surface area (Å²) < 4.78 is 0.888. The Labute approximate surface area is 123 Å². The normalized spacial score (nSPS) is 10.3. The molecule has 0 aliphatic heterocycles. The molecule has 0 saturated heterocycles. The molecule has 0 aliphatic rings. The van der Waals surface area contributed by atoms with E-state index >= 15 is 0 Å². The van der Waals surface area contributed by atoms with Crippen molar-refractivity contribution in [2.24, 2.45) is 0 Å². The maximum absolute atomic E-state index is 5.72. The quantitative estimate of drug-likeness (QED) is 0.462. The molecule has 1 rings (SSSR count). The summed E-state index contributed by atoms with van der Waals surface area (Å²) in [7, 11) is 0. The van der Waals surface area contributed by atoms with Crippen LogP contribution < -0.4 is 0 Å². The average molecular weight is 289 g/mol. The van der Waals surface area contributed by atoms with Gasteiger partial charge in [0.1, 0.15) is 0 Å². The summed E-state index contributed by atoms with van der Waals surface area (Å²) in [6, 6.07) is 4.03. The second-order valence-electron chi connectivity index (χ2n) is 5.06. The Bertz CT molecular complexity index is 272. The van der Waals surface area contributed by atoms with E-state index in [9.17, 15) is 0 Å². The minimum atomic E-state index is 0.613. The lowest BCUT2D eigenvalue weighted by Gasteiger charge is -1.96. The fourth-order valence-electron chi connectivity index (χ4n) is 1.67. The minimum absolute atomic E-state index is 0.613. The summed E-state index contributed by atoms with van der Waals surface area (Å²) in [4.78, 5) is 1.36. The highest BCUT2D eigenvalue weighted by molar-refractivity contribution is 7.16. The highest BCUT2D eigenvalue weighted by Gasteiger charge is 2.00. The predicted octanol–water partition coefficient (Wildman–Crippen LogP) is 7.28. The Kier molecular flexibility index (Phi) is 12.0. The third-order valence-corrected chi connectivity index (χ3v) is 4.40. The molecule has 0 fully saturated rings. The first kappa shape index (κ1) is 18.0. The molecule has 0 nitrogen and oxygen atoms in total. The Balaban J connectivity index is 0.000000321. The number of hydrogen-bond acceptors (Lipinski definition) is 1. The van der Waals surface area contributed by atoms with Crippen molar-refractivity contribution in [1.82, 2.24) is 0 Å². The molecule has 106 valence electrons. The van der Waals surface area contributed by atoms with Gasteiger partial charge in [-0.3, -0.25) is 0 Å². The van der Waals surface area contributed by atoms with Gasteiger partial charge in [-0.2, -0.15) is 0 Å². The van der Waals surface area contributed by atoms with Crippen LogP contribution in [0, 0.1) is 0 Å². The number of hydrogen-bond donors (Lipinski definition) is 0. The monoisotopic (exact) mass is 288 g/mol. The maximum Gasteiger partial charge on any atom is 0.0931 e. The smallest absolute Gasteiger partial charge is 0.0931 e. The number of halogens is 1. The van der Waals surface area contributed by atoms with E-state index < -0.39 is 0 Å². The molecule has 0 atom stereocenters. The van der Waals surface area contributed by atoms with E-state index in [-0.39, 0.29) is 0 Å².